The summed E-state index contributed by atoms with van der Waals surface area (Å²) in [6.45, 7) is 6.38. The van der Waals surface area contributed by atoms with Gasteiger partial charge < -0.3 is 9.64 Å². The van der Waals surface area contributed by atoms with E-state index in [1.165, 1.54) is 0 Å². The highest BCUT2D eigenvalue weighted by molar-refractivity contribution is 6.05. The number of carbonyl (C=O) groups excluding carboxylic acids is 1. The zero-order chi connectivity index (χ0) is 17.8. The summed E-state index contributed by atoms with van der Waals surface area (Å²) in [5.74, 6) is 0.432. The molecule has 0 aliphatic carbocycles. The van der Waals surface area contributed by atoms with E-state index in [2.05, 4.69) is 11.0 Å². The van der Waals surface area contributed by atoms with Crippen LogP contribution in [0.4, 0.5) is 5.82 Å². The van der Waals surface area contributed by atoms with Gasteiger partial charge in [0, 0.05) is 30.0 Å². The first-order valence-corrected chi connectivity index (χ1v) is 8.48. The molecule has 1 saturated heterocycles. The van der Waals surface area contributed by atoms with Crippen molar-refractivity contribution < 1.29 is 9.53 Å². The van der Waals surface area contributed by atoms with Gasteiger partial charge in [-0.3, -0.25) is 4.79 Å². The summed E-state index contributed by atoms with van der Waals surface area (Å²) in [4.78, 5) is 19.2. The number of nitriles is 1. The lowest BCUT2D eigenvalue weighted by atomic mass is 9.99. The molecule has 25 heavy (non-hydrogen) atoms. The van der Waals surface area contributed by atoms with Gasteiger partial charge in [0.25, 0.3) is 0 Å². The molecule has 1 aliphatic rings. The molecule has 0 spiro atoms. The topological polar surface area (TPSA) is 66.2 Å². The van der Waals surface area contributed by atoms with Gasteiger partial charge in [0.05, 0.1) is 24.3 Å². The second-order valence-corrected chi connectivity index (χ2v) is 6.38. The third-order valence-corrected chi connectivity index (χ3v) is 4.25. The molecule has 0 amide bonds. The fourth-order valence-corrected chi connectivity index (χ4v) is 2.88. The zero-order valence-electron chi connectivity index (χ0n) is 14.5. The van der Waals surface area contributed by atoms with Crippen LogP contribution in [0.5, 0.6) is 0 Å². The number of anilines is 1. The van der Waals surface area contributed by atoms with Crippen molar-refractivity contribution in [1.29, 1.82) is 5.26 Å². The standard InChI is InChI=1S/C20H21N3O2/c1-14(2)19(24)17(13-21)12-16-11-15-5-3-4-6-18(15)22-20(16)23-7-9-25-10-8-23/h3-6,11-12,14H,7-10H2,1-2H3/b17-12-. The normalized spacial score (nSPS) is 15.4. The van der Waals surface area contributed by atoms with Gasteiger partial charge in [0.2, 0.25) is 0 Å². The van der Waals surface area contributed by atoms with E-state index < -0.39 is 0 Å². The molecule has 0 saturated carbocycles. The Morgan fingerprint density at radius 2 is 2.04 bits per heavy atom. The average molecular weight is 335 g/mol. The maximum absolute atomic E-state index is 12.3. The molecule has 128 valence electrons. The van der Waals surface area contributed by atoms with Crippen molar-refractivity contribution in [2.75, 3.05) is 31.2 Å². The van der Waals surface area contributed by atoms with Gasteiger partial charge in [0.15, 0.2) is 5.78 Å². The van der Waals surface area contributed by atoms with E-state index in [0.717, 1.165) is 35.4 Å². The summed E-state index contributed by atoms with van der Waals surface area (Å²) in [6.07, 6.45) is 1.67. The second-order valence-electron chi connectivity index (χ2n) is 6.38. The number of carbonyl (C=O) groups is 1. The Kier molecular flexibility index (Phi) is 5.11. The van der Waals surface area contributed by atoms with Crippen molar-refractivity contribution in [2.24, 2.45) is 5.92 Å². The van der Waals surface area contributed by atoms with Crippen molar-refractivity contribution in [3.63, 3.8) is 0 Å². The Balaban J connectivity index is 2.14. The minimum absolute atomic E-state index is 0.149. The number of rotatable bonds is 4. The monoisotopic (exact) mass is 335 g/mol. The molecule has 5 heteroatoms. The molecule has 2 heterocycles. The summed E-state index contributed by atoms with van der Waals surface area (Å²) in [5, 5.41) is 10.4. The highest BCUT2D eigenvalue weighted by Crippen LogP contribution is 2.27. The van der Waals surface area contributed by atoms with Crippen LogP contribution in [0.1, 0.15) is 19.4 Å². The number of ether oxygens (including phenoxy) is 1. The minimum Gasteiger partial charge on any atom is -0.378 e. The van der Waals surface area contributed by atoms with Gasteiger partial charge in [-0.05, 0) is 18.2 Å². The fourth-order valence-electron chi connectivity index (χ4n) is 2.88. The molecule has 2 aromatic rings. The van der Waals surface area contributed by atoms with Crippen molar-refractivity contribution in [2.45, 2.75) is 13.8 Å². The Morgan fingerprint density at radius 1 is 1.32 bits per heavy atom. The van der Waals surface area contributed by atoms with Crippen molar-refractivity contribution >= 4 is 28.6 Å². The number of aromatic nitrogens is 1. The molecule has 1 aromatic heterocycles. The van der Waals surface area contributed by atoms with Gasteiger partial charge >= 0.3 is 0 Å². The predicted molar refractivity (Wildman–Crippen MR) is 98.2 cm³/mol. The molecule has 0 N–H and O–H groups in total. The number of ketones is 1. The number of benzene rings is 1. The van der Waals surface area contributed by atoms with Crippen LogP contribution in [0, 0.1) is 17.2 Å². The van der Waals surface area contributed by atoms with E-state index in [1.54, 1.807) is 19.9 Å². The number of para-hydroxylation sites is 1. The third-order valence-electron chi connectivity index (χ3n) is 4.25. The van der Waals surface area contributed by atoms with Crippen LogP contribution in [0.2, 0.25) is 0 Å². The van der Waals surface area contributed by atoms with Crippen LogP contribution in [0.3, 0.4) is 0 Å². The van der Waals surface area contributed by atoms with Crippen LogP contribution in [0.25, 0.3) is 17.0 Å². The van der Waals surface area contributed by atoms with E-state index in [1.807, 2.05) is 30.3 Å². The Bertz CT molecular complexity index is 859. The van der Waals surface area contributed by atoms with E-state index in [-0.39, 0.29) is 17.3 Å². The first-order valence-electron chi connectivity index (χ1n) is 8.48. The number of Topliss-reactive ketones (excluding diaryl/α,β-unsaturated/α-hetero) is 1. The predicted octanol–water partition coefficient (Wildman–Crippen LogP) is 3.20. The summed E-state index contributed by atoms with van der Waals surface area (Å²) >= 11 is 0. The summed E-state index contributed by atoms with van der Waals surface area (Å²) in [5.41, 5.74) is 1.86. The molecule has 0 bridgehead atoms. The molecule has 1 aliphatic heterocycles. The maximum Gasteiger partial charge on any atom is 0.175 e. The SMILES string of the molecule is CC(C)C(=O)/C(C#N)=C\c1cc2ccccc2nc1N1CCOCC1. The number of hydrogen-bond acceptors (Lipinski definition) is 5. The number of nitrogens with zero attached hydrogens (tertiary/aromatic N) is 3. The van der Waals surface area contributed by atoms with Crippen LogP contribution >= 0.6 is 0 Å². The minimum atomic E-state index is -0.217. The molecule has 3 rings (SSSR count). The molecule has 0 radical (unpaired) electrons. The molecular weight excluding hydrogens is 314 g/mol. The van der Waals surface area contributed by atoms with E-state index in [0.29, 0.717) is 13.2 Å². The highest BCUT2D eigenvalue weighted by atomic mass is 16.5. The molecule has 0 atom stereocenters. The van der Waals surface area contributed by atoms with E-state index in [4.69, 9.17) is 9.72 Å². The van der Waals surface area contributed by atoms with Crippen molar-refractivity contribution in [1.82, 2.24) is 4.98 Å². The largest absolute Gasteiger partial charge is 0.378 e. The molecule has 1 aromatic carbocycles. The van der Waals surface area contributed by atoms with Crippen molar-refractivity contribution in [3.8, 4) is 6.07 Å². The number of fused-ring (bicyclic) bond motifs is 1. The van der Waals surface area contributed by atoms with E-state index in [9.17, 15) is 10.1 Å². The number of morpholine rings is 1. The lowest BCUT2D eigenvalue weighted by Crippen LogP contribution is -2.37. The Morgan fingerprint density at radius 3 is 2.72 bits per heavy atom. The fraction of sp³-hybridized carbons (Fsp3) is 0.350. The molecule has 5 nitrogen and oxygen atoms in total. The number of hydrogen-bond donors (Lipinski definition) is 0. The smallest absolute Gasteiger partial charge is 0.175 e. The van der Waals surface area contributed by atoms with Gasteiger partial charge in [0.1, 0.15) is 11.9 Å². The molecule has 1 fully saturated rings. The Labute approximate surface area is 147 Å². The lowest BCUT2D eigenvalue weighted by molar-refractivity contribution is -0.117. The third kappa shape index (κ3) is 3.70. The van der Waals surface area contributed by atoms with Gasteiger partial charge in [-0.15, -0.1) is 0 Å². The molecular formula is C20H21N3O2. The second kappa shape index (κ2) is 7.45. The summed E-state index contributed by atoms with van der Waals surface area (Å²) in [6, 6.07) is 11.9. The van der Waals surface area contributed by atoms with Gasteiger partial charge in [-0.25, -0.2) is 4.98 Å². The van der Waals surface area contributed by atoms with Crippen LogP contribution in [-0.4, -0.2) is 37.1 Å². The zero-order valence-corrected chi connectivity index (χ0v) is 14.5. The first-order chi connectivity index (χ1) is 12.1. The van der Waals surface area contributed by atoms with Crippen LogP contribution in [-0.2, 0) is 9.53 Å². The van der Waals surface area contributed by atoms with Gasteiger partial charge in [-0.1, -0.05) is 32.0 Å². The van der Waals surface area contributed by atoms with Crippen LogP contribution < -0.4 is 4.90 Å². The highest BCUT2D eigenvalue weighted by Gasteiger charge is 2.19. The maximum atomic E-state index is 12.3. The van der Waals surface area contributed by atoms with Gasteiger partial charge in [-0.2, -0.15) is 5.26 Å². The first kappa shape index (κ1) is 17.1. The van der Waals surface area contributed by atoms with Crippen LogP contribution in [0.15, 0.2) is 35.9 Å². The number of allylic oxidation sites excluding steroid dienone is 1. The summed E-state index contributed by atoms with van der Waals surface area (Å²) < 4.78 is 5.43. The summed E-state index contributed by atoms with van der Waals surface area (Å²) in [7, 11) is 0. The average Bonchev–Trinajstić information content (AvgIpc) is 2.65. The Hall–Kier alpha value is -2.71. The lowest BCUT2D eigenvalue weighted by Gasteiger charge is -2.29. The molecule has 0 unspecified atom stereocenters. The van der Waals surface area contributed by atoms with Crippen molar-refractivity contribution in [3.05, 3.63) is 41.5 Å². The quantitative estimate of drug-likeness (QED) is 0.634. The number of pyridine rings is 1. The van der Waals surface area contributed by atoms with E-state index >= 15 is 0 Å².